The van der Waals surface area contributed by atoms with Crippen LogP contribution in [0.25, 0.3) is 10.9 Å². The molecular formula is C30H29FN4O2. The molecule has 2 aliphatic rings. The molecule has 6 nitrogen and oxygen atoms in total. The standard InChI is InChI=1S/C30H29FN4O2/c1-19-12-22(9-11-32-19)29-24-14-21(7-8-23(24)16-33-29)28(36)13-20-4-3-10-30(37,15-20)18-35-27-6-2-5-26(31)25(27)17-34-35/h2,5-9,11-12,14,17,20,37H,3-4,10,13,15-16,18H2,1H3/t20-,30+/m1/s1. The molecule has 1 aliphatic heterocycles. The fraction of sp³-hybridized carbons (Fsp3) is 0.333. The molecule has 2 aromatic heterocycles. The lowest BCUT2D eigenvalue weighted by molar-refractivity contribution is -0.0317. The van der Waals surface area contributed by atoms with Gasteiger partial charge in [-0.1, -0.05) is 24.6 Å². The van der Waals surface area contributed by atoms with Gasteiger partial charge in [-0.25, -0.2) is 4.39 Å². The number of aryl methyl sites for hydroxylation is 1. The molecule has 188 valence electrons. The zero-order valence-electron chi connectivity index (χ0n) is 20.8. The maximum atomic E-state index is 14.1. The van der Waals surface area contributed by atoms with Crippen molar-refractivity contribution in [1.82, 2.24) is 14.8 Å². The molecule has 3 heterocycles. The second-order valence-corrected chi connectivity index (χ2v) is 10.5. The van der Waals surface area contributed by atoms with Gasteiger partial charge in [-0.15, -0.1) is 0 Å². The quantitative estimate of drug-likeness (QED) is 0.361. The number of carbonyl (C=O) groups is 1. The highest BCUT2D eigenvalue weighted by Gasteiger charge is 2.36. The first kappa shape index (κ1) is 23.7. The Hall–Kier alpha value is -3.71. The van der Waals surface area contributed by atoms with Crippen LogP contribution in [0, 0.1) is 18.7 Å². The molecule has 1 N–H and O–H groups in total. The Morgan fingerprint density at radius 2 is 2.11 bits per heavy atom. The van der Waals surface area contributed by atoms with Crippen LogP contribution < -0.4 is 0 Å². The number of hydrogen-bond acceptors (Lipinski definition) is 5. The zero-order valence-corrected chi connectivity index (χ0v) is 20.8. The predicted octanol–water partition coefficient (Wildman–Crippen LogP) is 5.42. The molecule has 6 rings (SSSR count). The van der Waals surface area contributed by atoms with E-state index in [1.807, 2.05) is 43.3 Å². The van der Waals surface area contributed by atoms with Gasteiger partial charge in [0.15, 0.2) is 5.78 Å². The third kappa shape index (κ3) is 4.60. The Balaban J connectivity index is 1.17. The Kier molecular flexibility index (Phi) is 5.95. The molecule has 0 bridgehead atoms. The molecule has 0 saturated heterocycles. The van der Waals surface area contributed by atoms with Crippen LogP contribution in [-0.4, -0.2) is 37.0 Å². The molecule has 1 aliphatic carbocycles. The summed E-state index contributed by atoms with van der Waals surface area (Å²) in [6.45, 7) is 2.86. The molecule has 4 aromatic rings. The van der Waals surface area contributed by atoms with E-state index < -0.39 is 5.60 Å². The lowest BCUT2D eigenvalue weighted by atomic mass is 9.75. The number of aliphatic hydroxyl groups is 1. The van der Waals surface area contributed by atoms with Crippen LogP contribution in [0.5, 0.6) is 0 Å². The number of ketones is 1. The third-order valence-electron chi connectivity index (χ3n) is 7.74. The lowest BCUT2D eigenvalue weighted by Crippen LogP contribution is -2.40. The van der Waals surface area contributed by atoms with E-state index in [2.05, 4.69) is 10.1 Å². The SMILES string of the molecule is Cc1cc(C2=NCc3ccc(C(=O)C[C@H]4CCC[C@@](O)(Cn5ncc6c(F)cccc65)C4)cc32)ccn1. The molecule has 2 atom stereocenters. The minimum atomic E-state index is -0.981. The van der Waals surface area contributed by atoms with Crippen molar-refractivity contribution in [1.29, 1.82) is 0 Å². The number of aliphatic imine (C=N–C) groups is 1. The fourth-order valence-corrected chi connectivity index (χ4v) is 5.93. The average molecular weight is 497 g/mol. The number of carbonyl (C=O) groups excluding carboxylic acids is 1. The molecule has 0 amide bonds. The summed E-state index contributed by atoms with van der Waals surface area (Å²) in [5.74, 6) is -0.153. The van der Waals surface area contributed by atoms with E-state index in [0.29, 0.717) is 42.3 Å². The first-order valence-corrected chi connectivity index (χ1v) is 12.8. The highest BCUT2D eigenvalue weighted by Crippen LogP contribution is 2.37. The van der Waals surface area contributed by atoms with Crippen molar-refractivity contribution in [3.63, 3.8) is 0 Å². The van der Waals surface area contributed by atoms with Crippen LogP contribution in [0.1, 0.15) is 64.8 Å². The van der Waals surface area contributed by atoms with Crippen molar-refractivity contribution in [3.05, 3.63) is 94.7 Å². The monoisotopic (exact) mass is 496 g/mol. The van der Waals surface area contributed by atoms with Crippen molar-refractivity contribution < 1.29 is 14.3 Å². The smallest absolute Gasteiger partial charge is 0.163 e. The molecule has 0 radical (unpaired) electrons. The summed E-state index contributed by atoms with van der Waals surface area (Å²) in [6.07, 6.45) is 6.57. The minimum absolute atomic E-state index is 0.0778. The summed E-state index contributed by atoms with van der Waals surface area (Å²) in [6, 6.07) is 14.7. The van der Waals surface area contributed by atoms with E-state index in [9.17, 15) is 14.3 Å². The van der Waals surface area contributed by atoms with E-state index in [4.69, 9.17) is 4.99 Å². The molecule has 7 heteroatoms. The van der Waals surface area contributed by atoms with Gasteiger partial charge < -0.3 is 5.11 Å². The highest BCUT2D eigenvalue weighted by molar-refractivity contribution is 6.16. The van der Waals surface area contributed by atoms with Crippen molar-refractivity contribution in [2.45, 2.75) is 57.7 Å². The van der Waals surface area contributed by atoms with E-state index in [1.165, 1.54) is 12.3 Å². The number of aromatic nitrogens is 3. The maximum absolute atomic E-state index is 14.1. The van der Waals surface area contributed by atoms with Gasteiger partial charge in [-0.3, -0.25) is 19.5 Å². The van der Waals surface area contributed by atoms with Gasteiger partial charge in [-0.05, 0) is 68.0 Å². The van der Waals surface area contributed by atoms with Crippen LogP contribution in [-0.2, 0) is 13.1 Å². The summed E-state index contributed by atoms with van der Waals surface area (Å²) >= 11 is 0. The molecule has 0 unspecified atom stereocenters. The van der Waals surface area contributed by atoms with Crippen LogP contribution in [0.15, 0.2) is 65.9 Å². The number of hydrogen-bond donors (Lipinski definition) is 1. The largest absolute Gasteiger partial charge is 0.388 e. The lowest BCUT2D eigenvalue weighted by Gasteiger charge is -2.36. The van der Waals surface area contributed by atoms with Gasteiger partial charge in [0, 0.05) is 35.0 Å². The second-order valence-electron chi connectivity index (χ2n) is 10.5. The number of halogens is 1. The number of benzene rings is 2. The molecule has 37 heavy (non-hydrogen) atoms. The number of pyridine rings is 1. The van der Waals surface area contributed by atoms with Crippen molar-refractivity contribution in [2.24, 2.45) is 10.9 Å². The van der Waals surface area contributed by atoms with Crippen molar-refractivity contribution in [2.75, 3.05) is 0 Å². The van der Waals surface area contributed by atoms with Crippen LogP contribution in [0.2, 0.25) is 0 Å². The van der Waals surface area contributed by atoms with Crippen LogP contribution in [0.3, 0.4) is 0 Å². The Morgan fingerprint density at radius 3 is 2.97 bits per heavy atom. The second kappa shape index (κ2) is 9.30. The Labute approximate surface area is 214 Å². The van der Waals surface area contributed by atoms with E-state index >= 15 is 0 Å². The van der Waals surface area contributed by atoms with Crippen molar-refractivity contribution in [3.8, 4) is 0 Å². The summed E-state index contributed by atoms with van der Waals surface area (Å²) in [4.78, 5) is 22.4. The summed E-state index contributed by atoms with van der Waals surface area (Å²) in [5.41, 5.74) is 5.35. The first-order chi connectivity index (χ1) is 17.9. The average Bonchev–Trinajstić information content (AvgIpc) is 3.48. The molecule has 0 spiro atoms. The van der Waals surface area contributed by atoms with Gasteiger partial charge in [0.2, 0.25) is 0 Å². The van der Waals surface area contributed by atoms with Crippen LogP contribution in [0.4, 0.5) is 4.39 Å². The van der Waals surface area contributed by atoms with Crippen molar-refractivity contribution >= 4 is 22.4 Å². The predicted molar refractivity (Wildman–Crippen MR) is 140 cm³/mol. The summed E-state index contributed by atoms with van der Waals surface area (Å²) < 4.78 is 15.8. The molecular weight excluding hydrogens is 467 g/mol. The first-order valence-electron chi connectivity index (χ1n) is 12.8. The van der Waals surface area contributed by atoms with Gasteiger partial charge in [0.1, 0.15) is 5.82 Å². The number of rotatable bonds is 6. The normalized spacial score (nSPS) is 21.2. The number of fused-ring (bicyclic) bond motifs is 2. The van der Waals surface area contributed by atoms with Gasteiger partial charge in [-0.2, -0.15) is 5.10 Å². The Bertz CT molecular complexity index is 1540. The Morgan fingerprint density at radius 1 is 1.22 bits per heavy atom. The van der Waals surface area contributed by atoms with Gasteiger partial charge >= 0.3 is 0 Å². The number of nitrogens with zero attached hydrogens (tertiary/aromatic N) is 4. The number of Topliss-reactive ketones (excluding diaryl/α,β-unsaturated/α-hetero) is 1. The molecule has 1 saturated carbocycles. The minimum Gasteiger partial charge on any atom is -0.388 e. The van der Waals surface area contributed by atoms with E-state index in [-0.39, 0.29) is 24.1 Å². The molecule has 1 fully saturated rings. The van der Waals surface area contributed by atoms with Gasteiger partial charge in [0.25, 0.3) is 0 Å². The highest BCUT2D eigenvalue weighted by atomic mass is 19.1. The van der Waals surface area contributed by atoms with Crippen LogP contribution >= 0.6 is 0 Å². The summed E-state index contributed by atoms with van der Waals surface area (Å²) in [7, 11) is 0. The molecule has 2 aromatic carbocycles. The summed E-state index contributed by atoms with van der Waals surface area (Å²) in [5, 5.41) is 16.2. The zero-order chi connectivity index (χ0) is 25.6. The fourth-order valence-electron chi connectivity index (χ4n) is 5.93. The topological polar surface area (TPSA) is 80.4 Å². The third-order valence-corrected chi connectivity index (χ3v) is 7.74. The maximum Gasteiger partial charge on any atom is 0.163 e. The van der Waals surface area contributed by atoms with E-state index in [0.717, 1.165) is 40.9 Å². The van der Waals surface area contributed by atoms with E-state index in [1.54, 1.807) is 16.9 Å². The van der Waals surface area contributed by atoms with Gasteiger partial charge in [0.05, 0.1) is 41.5 Å².